The molecule has 0 saturated heterocycles. The van der Waals surface area contributed by atoms with E-state index in [1.165, 1.54) is 4.70 Å². The summed E-state index contributed by atoms with van der Waals surface area (Å²) in [6.45, 7) is 1.81. The number of hydrogen-bond donors (Lipinski definition) is 2. The molecule has 2 aromatic carbocycles. The largest absolute Gasteiger partial charge is 0.351 e. The number of carbonyl (C=O) groups is 1. The highest BCUT2D eigenvalue weighted by atomic mass is 35.5. The maximum atomic E-state index is 12.1. The van der Waals surface area contributed by atoms with Gasteiger partial charge in [0.05, 0.1) is 17.3 Å². The third-order valence-electron chi connectivity index (χ3n) is 3.88. The monoisotopic (exact) mass is 374 g/mol. The highest BCUT2D eigenvalue weighted by Gasteiger charge is 2.13. The fourth-order valence-electron chi connectivity index (χ4n) is 2.69. The Kier molecular flexibility index (Phi) is 6.02. The van der Waals surface area contributed by atoms with Crippen LogP contribution in [0.25, 0.3) is 10.2 Å². The fourth-order valence-corrected chi connectivity index (χ4v) is 3.99. The second-order valence-corrected chi connectivity index (χ2v) is 7.67. The zero-order chi connectivity index (χ0) is 17.6. The number of fused-ring (bicyclic) bond motifs is 1. The SMILES string of the molecule is C[NH+](CC(=O)NCCc1cccc(Cl)c1)Cc1nc2ccccc2s1. The van der Waals surface area contributed by atoms with Crippen LogP contribution in [0.3, 0.4) is 0 Å². The lowest BCUT2D eigenvalue weighted by Crippen LogP contribution is -3.08. The number of amides is 1. The predicted octanol–water partition coefficient (Wildman–Crippen LogP) is 2.32. The van der Waals surface area contributed by atoms with Gasteiger partial charge in [0.2, 0.25) is 0 Å². The van der Waals surface area contributed by atoms with Gasteiger partial charge >= 0.3 is 0 Å². The molecule has 130 valence electrons. The summed E-state index contributed by atoms with van der Waals surface area (Å²) in [5.74, 6) is 0.0561. The maximum absolute atomic E-state index is 12.1. The zero-order valence-corrected chi connectivity index (χ0v) is 15.7. The standard InChI is InChI=1S/C19H20ClN3OS/c1-23(13-19-22-16-7-2-3-8-17(16)25-19)12-18(24)21-10-9-14-5-4-6-15(20)11-14/h2-8,11H,9-10,12-13H2,1H3,(H,21,24)/p+1. The molecule has 3 aromatic rings. The van der Waals surface area contributed by atoms with Crippen molar-refractivity contribution in [3.05, 3.63) is 64.1 Å². The molecular formula is C19H21ClN3OS+. The number of rotatable bonds is 7. The number of likely N-dealkylation sites (N-methyl/N-ethyl adjacent to an activating group) is 1. The van der Waals surface area contributed by atoms with Gasteiger partial charge in [0.25, 0.3) is 5.91 Å². The molecule has 0 aliphatic heterocycles. The Hall–Kier alpha value is -1.95. The first kappa shape index (κ1) is 17.9. The summed E-state index contributed by atoms with van der Waals surface area (Å²) < 4.78 is 1.19. The summed E-state index contributed by atoms with van der Waals surface area (Å²) in [6, 6.07) is 15.8. The van der Waals surface area contributed by atoms with Crippen molar-refractivity contribution in [3.8, 4) is 0 Å². The molecule has 3 rings (SSSR count). The van der Waals surface area contributed by atoms with E-state index in [1.807, 2.05) is 49.5 Å². The summed E-state index contributed by atoms with van der Waals surface area (Å²) in [5, 5.41) is 4.76. The zero-order valence-electron chi connectivity index (χ0n) is 14.1. The molecule has 2 N–H and O–H groups in total. The third kappa shape index (κ3) is 5.26. The number of halogens is 1. The molecule has 1 aromatic heterocycles. The molecule has 25 heavy (non-hydrogen) atoms. The lowest BCUT2D eigenvalue weighted by atomic mass is 10.1. The molecule has 6 heteroatoms. The van der Waals surface area contributed by atoms with Crippen molar-refractivity contribution in [1.29, 1.82) is 0 Å². The van der Waals surface area contributed by atoms with Gasteiger partial charge < -0.3 is 10.2 Å². The van der Waals surface area contributed by atoms with Crippen LogP contribution in [0.4, 0.5) is 0 Å². The minimum Gasteiger partial charge on any atom is -0.351 e. The van der Waals surface area contributed by atoms with Gasteiger partial charge in [0.15, 0.2) is 6.54 Å². The Morgan fingerprint density at radius 3 is 2.88 bits per heavy atom. The molecule has 0 radical (unpaired) electrons. The number of para-hydroxylation sites is 1. The summed E-state index contributed by atoms with van der Waals surface area (Å²) in [5.41, 5.74) is 2.16. The molecule has 1 unspecified atom stereocenters. The average molecular weight is 375 g/mol. The van der Waals surface area contributed by atoms with Gasteiger partial charge in [-0.25, -0.2) is 4.98 Å². The lowest BCUT2D eigenvalue weighted by Gasteiger charge is -2.12. The first-order valence-electron chi connectivity index (χ1n) is 8.27. The second kappa shape index (κ2) is 8.43. The second-order valence-electron chi connectivity index (χ2n) is 6.12. The Morgan fingerprint density at radius 1 is 1.24 bits per heavy atom. The highest BCUT2D eigenvalue weighted by Crippen LogP contribution is 2.20. The van der Waals surface area contributed by atoms with Crippen molar-refractivity contribution in [1.82, 2.24) is 10.3 Å². The first-order chi connectivity index (χ1) is 12.1. The Morgan fingerprint density at radius 2 is 2.08 bits per heavy atom. The molecule has 0 saturated carbocycles. The number of quaternary nitrogens is 1. The van der Waals surface area contributed by atoms with Crippen LogP contribution < -0.4 is 10.2 Å². The molecule has 0 fully saturated rings. The summed E-state index contributed by atoms with van der Waals surface area (Å²) in [7, 11) is 2.02. The van der Waals surface area contributed by atoms with Crippen molar-refractivity contribution in [3.63, 3.8) is 0 Å². The van der Waals surface area contributed by atoms with Gasteiger partial charge in [-0.2, -0.15) is 0 Å². The van der Waals surface area contributed by atoms with Gasteiger partial charge in [0, 0.05) is 11.6 Å². The molecular weight excluding hydrogens is 354 g/mol. The molecule has 4 nitrogen and oxygen atoms in total. The summed E-state index contributed by atoms with van der Waals surface area (Å²) in [6.07, 6.45) is 0.781. The van der Waals surface area contributed by atoms with Crippen LogP contribution in [0.15, 0.2) is 48.5 Å². The molecule has 0 aliphatic carbocycles. The normalized spacial score (nSPS) is 12.2. The van der Waals surface area contributed by atoms with E-state index < -0.39 is 0 Å². The van der Waals surface area contributed by atoms with Crippen LogP contribution in [0.1, 0.15) is 10.6 Å². The maximum Gasteiger partial charge on any atom is 0.275 e. The number of carbonyl (C=O) groups excluding carboxylic acids is 1. The van der Waals surface area contributed by atoms with Crippen LogP contribution in [0, 0.1) is 0 Å². The predicted molar refractivity (Wildman–Crippen MR) is 103 cm³/mol. The van der Waals surface area contributed by atoms with Gasteiger partial charge in [-0.3, -0.25) is 4.79 Å². The fraction of sp³-hybridized carbons (Fsp3) is 0.263. The third-order valence-corrected chi connectivity index (χ3v) is 5.15. The molecule has 1 atom stereocenters. The highest BCUT2D eigenvalue weighted by molar-refractivity contribution is 7.18. The van der Waals surface area contributed by atoms with E-state index in [0.29, 0.717) is 13.1 Å². The van der Waals surface area contributed by atoms with Gasteiger partial charge in [0.1, 0.15) is 11.6 Å². The number of aromatic nitrogens is 1. The molecule has 0 bridgehead atoms. The average Bonchev–Trinajstić information content (AvgIpc) is 2.96. The van der Waals surface area contributed by atoms with Crippen molar-refractivity contribution < 1.29 is 9.69 Å². The van der Waals surface area contributed by atoms with Crippen LogP contribution in [0.2, 0.25) is 5.02 Å². The van der Waals surface area contributed by atoms with Crippen LogP contribution in [-0.4, -0.2) is 31.0 Å². The Balaban J connectivity index is 1.44. The van der Waals surface area contributed by atoms with Crippen LogP contribution in [-0.2, 0) is 17.8 Å². The molecule has 1 heterocycles. The van der Waals surface area contributed by atoms with Crippen LogP contribution >= 0.6 is 22.9 Å². The molecule has 0 aliphatic rings. The van der Waals surface area contributed by atoms with E-state index in [0.717, 1.165) is 39.0 Å². The van der Waals surface area contributed by atoms with Crippen molar-refractivity contribution in [2.45, 2.75) is 13.0 Å². The van der Waals surface area contributed by atoms with E-state index in [2.05, 4.69) is 16.4 Å². The van der Waals surface area contributed by atoms with Crippen LogP contribution in [0.5, 0.6) is 0 Å². The van der Waals surface area contributed by atoms with Crippen molar-refractivity contribution in [2.24, 2.45) is 0 Å². The number of thiazole rings is 1. The number of nitrogens with zero attached hydrogens (tertiary/aromatic N) is 1. The number of benzene rings is 2. The first-order valence-corrected chi connectivity index (χ1v) is 9.46. The van der Waals surface area contributed by atoms with Gasteiger partial charge in [-0.05, 0) is 36.2 Å². The Labute approximate surface area is 156 Å². The van der Waals surface area contributed by atoms with E-state index in [4.69, 9.17) is 11.6 Å². The van der Waals surface area contributed by atoms with E-state index in [1.54, 1.807) is 11.3 Å². The molecule has 0 spiro atoms. The smallest absolute Gasteiger partial charge is 0.275 e. The van der Waals surface area contributed by atoms with Crippen molar-refractivity contribution >= 4 is 39.1 Å². The van der Waals surface area contributed by atoms with Gasteiger partial charge in [-0.15, -0.1) is 11.3 Å². The van der Waals surface area contributed by atoms with Crippen molar-refractivity contribution in [2.75, 3.05) is 20.1 Å². The van der Waals surface area contributed by atoms with E-state index in [-0.39, 0.29) is 5.91 Å². The lowest BCUT2D eigenvalue weighted by molar-refractivity contribution is -0.885. The topological polar surface area (TPSA) is 46.4 Å². The summed E-state index contributed by atoms with van der Waals surface area (Å²) in [4.78, 5) is 17.8. The van der Waals surface area contributed by atoms with E-state index in [9.17, 15) is 4.79 Å². The number of nitrogens with one attached hydrogen (secondary N) is 2. The van der Waals surface area contributed by atoms with Gasteiger partial charge in [-0.1, -0.05) is 35.9 Å². The summed E-state index contributed by atoms with van der Waals surface area (Å²) >= 11 is 7.66. The minimum atomic E-state index is 0.0561. The van der Waals surface area contributed by atoms with E-state index >= 15 is 0 Å². The minimum absolute atomic E-state index is 0.0561. The number of hydrogen-bond acceptors (Lipinski definition) is 3. The quantitative estimate of drug-likeness (QED) is 0.666. The Bertz CT molecular complexity index is 832. The molecule has 1 amide bonds.